The highest BCUT2D eigenvalue weighted by atomic mass is 32.2. The predicted octanol–water partition coefficient (Wildman–Crippen LogP) is 3.58. The lowest BCUT2D eigenvalue weighted by Gasteiger charge is -2.18. The third-order valence-electron chi connectivity index (χ3n) is 6.12. The van der Waals surface area contributed by atoms with Gasteiger partial charge in [-0.05, 0) is 55.5 Å². The van der Waals surface area contributed by atoms with Crippen LogP contribution in [0, 0.1) is 29.9 Å². The van der Waals surface area contributed by atoms with Crippen molar-refractivity contribution in [3.8, 4) is 11.8 Å². The van der Waals surface area contributed by atoms with Gasteiger partial charge in [0, 0.05) is 29.5 Å². The summed E-state index contributed by atoms with van der Waals surface area (Å²) in [6.45, 7) is 2.75. The van der Waals surface area contributed by atoms with E-state index in [4.69, 9.17) is 5.26 Å². The summed E-state index contributed by atoms with van der Waals surface area (Å²) in [5, 5.41) is 11.6. The van der Waals surface area contributed by atoms with E-state index in [1.807, 2.05) is 6.07 Å². The predicted molar refractivity (Wildman–Crippen MR) is 146 cm³/mol. The van der Waals surface area contributed by atoms with E-state index in [-0.39, 0.29) is 38.4 Å². The Bertz CT molecular complexity index is 1820. The fourth-order valence-corrected chi connectivity index (χ4v) is 5.97. The molecule has 13 heteroatoms. The van der Waals surface area contributed by atoms with Crippen LogP contribution >= 0.6 is 0 Å². The van der Waals surface area contributed by atoms with Gasteiger partial charge in [0.2, 0.25) is 0 Å². The highest BCUT2D eigenvalue weighted by molar-refractivity contribution is 7.91. The van der Waals surface area contributed by atoms with Gasteiger partial charge in [-0.25, -0.2) is 17.2 Å². The quantitative estimate of drug-likeness (QED) is 0.306. The zero-order valence-electron chi connectivity index (χ0n) is 21.7. The maximum atomic E-state index is 14.1. The zero-order valence-corrected chi connectivity index (χ0v) is 23.4. The smallest absolute Gasteiger partial charge is 0.268 e. The largest absolute Gasteiger partial charge is 0.606 e. The number of pyridine rings is 2. The summed E-state index contributed by atoms with van der Waals surface area (Å²) >= 11 is -1.96. The molecule has 2 aromatic heterocycles. The second-order valence-electron chi connectivity index (χ2n) is 8.75. The van der Waals surface area contributed by atoms with Crippen LogP contribution in [-0.4, -0.2) is 34.2 Å². The summed E-state index contributed by atoms with van der Waals surface area (Å²) in [6.07, 6.45) is 1.16. The van der Waals surface area contributed by atoms with Crippen LogP contribution in [0.15, 0.2) is 86.3 Å². The number of benzene rings is 2. The third kappa shape index (κ3) is 6.35. The molecule has 0 saturated carbocycles. The van der Waals surface area contributed by atoms with Crippen molar-refractivity contribution in [2.75, 3.05) is 5.75 Å². The number of carbonyl (C=O) groups excluding carboxylic acids is 1. The Kier molecular flexibility index (Phi) is 8.67. The normalized spacial score (nSPS) is 12.0. The molecule has 2 heterocycles. The molecular weight excluding hydrogens is 574 g/mol. The zero-order chi connectivity index (χ0) is 29.9. The molecule has 1 amide bonds. The van der Waals surface area contributed by atoms with Crippen molar-refractivity contribution in [2.24, 2.45) is 0 Å². The first-order valence-corrected chi connectivity index (χ1v) is 14.9. The summed E-state index contributed by atoms with van der Waals surface area (Å²) in [4.78, 5) is 31.0. The highest BCUT2D eigenvalue weighted by Crippen LogP contribution is 2.26. The number of rotatable bonds is 8. The van der Waals surface area contributed by atoms with E-state index in [0.29, 0.717) is 17.3 Å². The molecule has 0 bridgehead atoms. The maximum absolute atomic E-state index is 14.1. The fraction of sp³-hybridized carbons (Fsp3) is 0.143. The molecule has 1 unspecified atom stereocenters. The molecule has 4 aromatic rings. The number of nitrogens with zero attached hydrogens (tertiary/aromatic N) is 3. The second kappa shape index (κ2) is 12.0. The molecule has 4 rings (SSSR count). The summed E-state index contributed by atoms with van der Waals surface area (Å²) in [5.41, 5.74) is -0.878. The van der Waals surface area contributed by atoms with Crippen molar-refractivity contribution in [3.63, 3.8) is 0 Å². The number of sulfone groups is 1. The molecule has 0 fully saturated rings. The SMILES string of the molecule is CCS(=O)(=O)c1ccc(CNC(=O)c2cc([S+]([O-])c3ccc(C#N)cc3)c(C)n(-c3cc(F)cc(F)c3)c2=O)nc1. The molecule has 1 N–H and O–H groups in total. The first kappa shape index (κ1) is 29.6. The van der Waals surface area contributed by atoms with Crippen molar-refractivity contribution in [2.45, 2.75) is 35.1 Å². The minimum Gasteiger partial charge on any atom is -0.606 e. The minimum absolute atomic E-state index is 0.0220. The summed E-state index contributed by atoms with van der Waals surface area (Å²) < 4.78 is 66.7. The average molecular weight is 597 g/mol. The highest BCUT2D eigenvalue weighted by Gasteiger charge is 2.27. The van der Waals surface area contributed by atoms with Gasteiger partial charge in [-0.1, -0.05) is 6.92 Å². The fourth-order valence-electron chi connectivity index (χ4n) is 3.92. The Hall–Kier alpha value is -4.38. The molecule has 0 spiro atoms. The van der Waals surface area contributed by atoms with E-state index in [0.717, 1.165) is 29.0 Å². The lowest BCUT2D eigenvalue weighted by atomic mass is 10.2. The number of nitriles is 1. The molecule has 0 aliphatic heterocycles. The molecule has 41 heavy (non-hydrogen) atoms. The Morgan fingerprint density at radius 3 is 2.32 bits per heavy atom. The molecule has 2 aromatic carbocycles. The summed E-state index contributed by atoms with van der Waals surface area (Å²) in [6, 6.07) is 14.1. The molecule has 9 nitrogen and oxygen atoms in total. The molecular formula is C28H22F2N4O5S2. The van der Waals surface area contributed by atoms with Gasteiger partial charge in [-0.15, -0.1) is 0 Å². The van der Waals surface area contributed by atoms with Crippen LogP contribution in [-0.2, 0) is 27.6 Å². The number of hydrogen-bond acceptors (Lipinski definition) is 7. The van der Waals surface area contributed by atoms with Crippen LogP contribution in [0.2, 0.25) is 0 Å². The van der Waals surface area contributed by atoms with Crippen LogP contribution in [0.1, 0.15) is 34.2 Å². The van der Waals surface area contributed by atoms with Gasteiger partial charge in [0.25, 0.3) is 11.5 Å². The summed E-state index contributed by atoms with van der Waals surface area (Å²) in [5.74, 6) is -2.91. The van der Waals surface area contributed by atoms with Crippen LogP contribution in [0.4, 0.5) is 8.78 Å². The molecule has 0 saturated heterocycles. The van der Waals surface area contributed by atoms with Crippen LogP contribution in [0.5, 0.6) is 0 Å². The van der Waals surface area contributed by atoms with E-state index in [1.54, 1.807) is 0 Å². The first-order chi connectivity index (χ1) is 19.4. The van der Waals surface area contributed by atoms with Crippen molar-refractivity contribution in [1.29, 1.82) is 5.26 Å². The third-order valence-corrected chi connectivity index (χ3v) is 9.35. The number of nitrogens with one attached hydrogen (secondary N) is 1. The lowest BCUT2D eigenvalue weighted by molar-refractivity contribution is 0.0948. The molecule has 210 valence electrons. The number of carbonyl (C=O) groups is 1. The number of aromatic nitrogens is 2. The van der Waals surface area contributed by atoms with E-state index in [1.165, 1.54) is 50.2 Å². The minimum atomic E-state index is -3.47. The van der Waals surface area contributed by atoms with Gasteiger partial charge in [0.15, 0.2) is 19.6 Å². The maximum Gasteiger partial charge on any atom is 0.268 e. The van der Waals surface area contributed by atoms with E-state index in [2.05, 4.69) is 10.3 Å². The second-order valence-corrected chi connectivity index (χ2v) is 12.5. The van der Waals surface area contributed by atoms with Gasteiger partial charge >= 0.3 is 0 Å². The van der Waals surface area contributed by atoms with Crippen LogP contribution < -0.4 is 10.9 Å². The standard InChI is InChI=1S/C28H22F2N4O5S2/c1-3-41(38,39)24-9-6-21(32-16-24)15-33-27(35)25-13-26(40(37)23-7-4-18(14-31)5-8-23)17(2)34(28(25)36)22-11-19(29)10-20(30)12-22/h4-13,16H,3,15H2,1-2H3,(H,33,35). The average Bonchev–Trinajstić information content (AvgIpc) is 2.95. The number of hydrogen-bond donors (Lipinski definition) is 1. The Labute approximate surface area is 237 Å². The van der Waals surface area contributed by atoms with E-state index >= 15 is 0 Å². The van der Waals surface area contributed by atoms with Gasteiger partial charge in [-0.2, -0.15) is 5.26 Å². The Balaban J connectivity index is 1.76. The Morgan fingerprint density at radius 2 is 1.76 bits per heavy atom. The van der Waals surface area contributed by atoms with E-state index < -0.39 is 49.7 Å². The Morgan fingerprint density at radius 1 is 1.10 bits per heavy atom. The first-order valence-electron chi connectivity index (χ1n) is 12.1. The van der Waals surface area contributed by atoms with Crippen molar-refractivity contribution < 1.29 is 26.5 Å². The molecule has 0 radical (unpaired) electrons. The van der Waals surface area contributed by atoms with Gasteiger partial charge in [0.05, 0.1) is 45.9 Å². The number of amides is 1. The topological polar surface area (TPSA) is 145 Å². The monoisotopic (exact) mass is 596 g/mol. The van der Waals surface area contributed by atoms with Crippen molar-refractivity contribution in [1.82, 2.24) is 14.9 Å². The van der Waals surface area contributed by atoms with E-state index in [9.17, 15) is 31.3 Å². The molecule has 0 aliphatic rings. The van der Waals surface area contributed by atoms with Gasteiger partial charge < -0.3 is 9.87 Å². The van der Waals surface area contributed by atoms with Gasteiger partial charge in [0.1, 0.15) is 17.2 Å². The van der Waals surface area contributed by atoms with Crippen molar-refractivity contribution in [3.05, 3.63) is 111 Å². The van der Waals surface area contributed by atoms with Crippen LogP contribution in [0.3, 0.4) is 0 Å². The van der Waals surface area contributed by atoms with Crippen LogP contribution in [0.25, 0.3) is 5.69 Å². The lowest BCUT2D eigenvalue weighted by Crippen LogP contribution is -2.34. The summed E-state index contributed by atoms with van der Waals surface area (Å²) in [7, 11) is -3.47. The molecule has 1 atom stereocenters. The molecule has 0 aliphatic carbocycles. The van der Waals surface area contributed by atoms with Crippen molar-refractivity contribution >= 4 is 26.9 Å². The van der Waals surface area contributed by atoms with Gasteiger partial charge in [-0.3, -0.25) is 19.1 Å². The number of halogens is 2.